The van der Waals surface area contributed by atoms with Crippen molar-refractivity contribution in [1.29, 1.82) is 0 Å². The number of carboxylic acid groups (broad SMARTS) is 2. The number of aromatic carboxylic acids is 1. The zero-order valence-corrected chi connectivity index (χ0v) is 11.4. The Morgan fingerprint density at radius 2 is 1.95 bits per heavy atom. The number of hydrogen-bond acceptors (Lipinski definition) is 4. The summed E-state index contributed by atoms with van der Waals surface area (Å²) in [5.74, 6) is -1.82. The van der Waals surface area contributed by atoms with Crippen LogP contribution in [0.4, 0.5) is 11.4 Å². The van der Waals surface area contributed by atoms with Crippen LogP contribution in [-0.2, 0) is 4.79 Å². The van der Waals surface area contributed by atoms with Crippen molar-refractivity contribution >= 4 is 23.3 Å². The molecule has 0 atom stereocenters. The fourth-order valence-corrected chi connectivity index (χ4v) is 2.44. The highest BCUT2D eigenvalue weighted by atomic mass is 16.4. The maximum Gasteiger partial charge on any atom is 0.335 e. The number of carboxylic acids is 2. The van der Waals surface area contributed by atoms with Gasteiger partial charge in [0.25, 0.3) is 0 Å². The molecule has 6 nitrogen and oxygen atoms in total. The van der Waals surface area contributed by atoms with Crippen molar-refractivity contribution in [1.82, 2.24) is 0 Å². The largest absolute Gasteiger partial charge is 0.481 e. The Balaban J connectivity index is 2.36. The van der Waals surface area contributed by atoms with Gasteiger partial charge < -0.3 is 20.0 Å². The van der Waals surface area contributed by atoms with Crippen molar-refractivity contribution in [2.24, 2.45) is 0 Å². The minimum atomic E-state index is -0.974. The van der Waals surface area contributed by atoms with Gasteiger partial charge in [0.05, 0.1) is 23.4 Å². The number of aliphatic carboxylic acids is 1. The van der Waals surface area contributed by atoms with E-state index in [4.69, 9.17) is 10.2 Å². The molecular formula is C14H18N2O4. The first-order chi connectivity index (χ1) is 9.49. The fourth-order valence-electron chi connectivity index (χ4n) is 2.44. The zero-order valence-electron chi connectivity index (χ0n) is 11.4. The summed E-state index contributed by atoms with van der Waals surface area (Å²) >= 11 is 0. The van der Waals surface area contributed by atoms with E-state index in [-0.39, 0.29) is 12.0 Å². The highest BCUT2D eigenvalue weighted by molar-refractivity contribution is 5.91. The van der Waals surface area contributed by atoms with Gasteiger partial charge in [-0.3, -0.25) is 4.79 Å². The van der Waals surface area contributed by atoms with Gasteiger partial charge in [-0.2, -0.15) is 0 Å². The summed E-state index contributed by atoms with van der Waals surface area (Å²) in [5, 5.41) is 17.9. The Kier molecular flexibility index (Phi) is 4.12. The highest BCUT2D eigenvalue weighted by Crippen LogP contribution is 2.32. The van der Waals surface area contributed by atoms with Gasteiger partial charge in [0.1, 0.15) is 0 Å². The lowest BCUT2D eigenvalue weighted by atomic mass is 10.1. The Labute approximate surface area is 117 Å². The maximum absolute atomic E-state index is 11.1. The van der Waals surface area contributed by atoms with Crippen molar-refractivity contribution in [2.75, 3.05) is 36.5 Å². The number of rotatable bonds is 4. The van der Waals surface area contributed by atoms with Crippen LogP contribution in [0, 0.1) is 0 Å². The molecule has 0 radical (unpaired) electrons. The number of carbonyl (C=O) groups is 2. The van der Waals surface area contributed by atoms with E-state index < -0.39 is 11.9 Å². The van der Waals surface area contributed by atoms with Crippen LogP contribution in [0.3, 0.4) is 0 Å². The summed E-state index contributed by atoms with van der Waals surface area (Å²) in [7, 11) is 1.96. The number of anilines is 2. The lowest BCUT2D eigenvalue weighted by molar-refractivity contribution is -0.136. The molecule has 6 heteroatoms. The van der Waals surface area contributed by atoms with E-state index in [0.717, 1.165) is 30.9 Å². The zero-order chi connectivity index (χ0) is 14.7. The van der Waals surface area contributed by atoms with Crippen LogP contribution < -0.4 is 9.80 Å². The third kappa shape index (κ3) is 3.01. The van der Waals surface area contributed by atoms with Crippen LogP contribution in [0.2, 0.25) is 0 Å². The van der Waals surface area contributed by atoms with Gasteiger partial charge in [-0.1, -0.05) is 0 Å². The van der Waals surface area contributed by atoms with E-state index in [2.05, 4.69) is 4.90 Å². The first-order valence-electron chi connectivity index (χ1n) is 6.54. The molecule has 1 aliphatic rings. The second-order valence-corrected chi connectivity index (χ2v) is 4.91. The average Bonchev–Trinajstić information content (AvgIpc) is 2.55. The van der Waals surface area contributed by atoms with Gasteiger partial charge in [0, 0.05) is 26.7 Å². The number of hydrogen-bond donors (Lipinski definition) is 2. The molecule has 0 fully saturated rings. The molecule has 0 unspecified atom stereocenters. The van der Waals surface area contributed by atoms with Gasteiger partial charge in [-0.05, 0) is 24.6 Å². The SMILES string of the molecule is CN1CCCN(CCC(=O)O)c2cc(C(=O)O)ccc21. The van der Waals surface area contributed by atoms with E-state index >= 15 is 0 Å². The molecule has 20 heavy (non-hydrogen) atoms. The molecule has 1 aromatic carbocycles. The molecule has 0 saturated carbocycles. The third-order valence-electron chi connectivity index (χ3n) is 3.49. The summed E-state index contributed by atoms with van der Waals surface area (Å²) in [6.45, 7) is 1.98. The summed E-state index contributed by atoms with van der Waals surface area (Å²) in [5.41, 5.74) is 1.96. The molecule has 1 aromatic rings. The Bertz CT molecular complexity index is 530. The standard InChI is InChI=1S/C14H18N2O4/c1-15-6-2-7-16(8-5-13(17)18)12-9-10(14(19)20)3-4-11(12)15/h3-4,9H,2,5-8H2,1H3,(H,17,18)(H,19,20). The van der Waals surface area contributed by atoms with Crippen molar-refractivity contribution < 1.29 is 19.8 Å². The van der Waals surface area contributed by atoms with Crippen LogP contribution >= 0.6 is 0 Å². The number of benzene rings is 1. The topological polar surface area (TPSA) is 81.1 Å². The fraction of sp³-hybridized carbons (Fsp3) is 0.429. The normalized spacial score (nSPS) is 14.7. The van der Waals surface area contributed by atoms with E-state index in [0.29, 0.717) is 6.54 Å². The lowest BCUT2D eigenvalue weighted by Gasteiger charge is -2.25. The smallest absolute Gasteiger partial charge is 0.335 e. The first kappa shape index (κ1) is 14.2. The summed E-state index contributed by atoms with van der Waals surface area (Å²) in [6.07, 6.45) is 0.952. The Morgan fingerprint density at radius 3 is 2.60 bits per heavy atom. The molecule has 0 aliphatic carbocycles. The van der Waals surface area contributed by atoms with Crippen LogP contribution in [-0.4, -0.2) is 48.8 Å². The second kappa shape index (κ2) is 5.81. The highest BCUT2D eigenvalue weighted by Gasteiger charge is 2.20. The van der Waals surface area contributed by atoms with Crippen molar-refractivity contribution in [3.8, 4) is 0 Å². The van der Waals surface area contributed by atoms with Gasteiger partial charge in [-0.25, -0.2) is 4.79 Å². The van der Waals surface area contributed by atoms with Crippen LogP contribution in [0.15, 0.2) is 18.2 Å². The first-order valence-corrected chi connectivity index (χ1v) is 6.54. The monoisotopic (exact) mass is 278 g/mol. The quantitative estimate of drug-likeness (QED) is 0.868. The molecule has 108 valence electrons. The summed E-state index contributed by atoms with van der Waals surface area (Å²) in [6, 6.07) is 5.00. The number of fused-ring (bicyclic) bond motifs is 1. The Hall–Kier alpha value is -2.24. The molecule has 0 amide bonds. The van der Waals surface area contributed by atoms with Crippen LogP contribution in [0.1, 0.15) is 23.2 Å². The van der Waals surface area contributed by atoms with Crippen LogP contribution in [0.25, 0.3) is 0 Å². The van der Waals surface area contributed by atoms with Crippen molar-refractivity contribution in [3.63, 3.8) is 0 Å². The molecule has 0 saturated heterocycles. The predicted molar refractivity (Wildman–Crippen MR) is 75.8 cm³/mol. The predicted octanol–water partition coefficient (Wildman–Crippen LogP) is 1.51. The van der Waals surface area contributed by atoms with E-state index in [1.165, 1.54) is 0 Å². The molecule has 0 spiro atoms. The molecule has 0 bridgehead atoms. The van der Waals surface area contributed by atoms with E-state index in [9.17, 15) is 9.59 Å². The average molecular weight is 278 g/mol. The van der Waals surface area contributed by atoms with Gasteiger partial charge in [-0.15, -0.1) is 0 Å². The molecule has 2 N–H and O–H groups in total. The van der Waals surface area contributed by atoms with Crippen molar-refractivity contribution in [2.45, 2.75) is 12.8 Å². The second-order valence-electron chi connectivity index (χ2n) is 4.91. The molecule has 1 heterocycles. The molecule has 2 rings (SSSR count). The minimum Gasteiger partial charge on any atom is -0.481 e. The molecule has 0 aromatic heterocycles. The maximum atomic E-state index is 11.1. The van der Waals surface area contributed by atoms with Crippen molar-refractivity contribution in [3.05, 3.63) is 23.8 Å². The van der Waals surface area contributed by atoms with E-state index in [1.807, 2.05) is 11.9 Å². The summed E-state index contributed by atoms with van der Waals surface area (Å²) in [4.78, 5) is 25.9. The van der Waals surface area contributed by atoms with E-state index in [1.54, 1.807) is 18.2 Å². The molecule has 1 aliphatic heterocycles. The minimum absolute atomic E-state index is 0.0421. The Morgan fingerprint density at radius 1 is 1.20 bits per heavy atom. The van der Waals surface area contributed by atoms with Gasteiger partial charge >= 0.3 is 11.9 Å². The van der Waals surface area contributed by atoms with Gasteiger partial charge in [0.2, 0.25) is 0 Å². The molecular weight excluding hydrogens is 260 g/mol. The number of nitrogens with zero attached hydrogens (tertiary/aromatic N) is 2. The van der Waals surface area contributed by atoms with Gasteiger partial charge in [0.15, 0.2) is 0 Å². The summed E-state index contributed by atoms with van der Waals surface area (Å²) < 4.78 is 0. The third-order valence-corrected chi connectivity index (χ3v) is 3.49. The lowest BCUT2D eigenvalue weighted by Crippen LogP contribution is -2.27. The van der Waals surface area contributed by atoms with Crippen LogP contribution in [0.5, 0.6) is 0 Å².